The van der Waals surface area contributed by atoms with Gasteiger partial charge in [-0.25, -0.2) is 17.2 Å². The number of carbonyl (C=O) groups is 2. The highest BCUT2D eigenvalue weighted by Crippen LogP contribution is 2.27. The molecule has 0 radical (unpaired) electrons. The summed E-state index contributed by atoms with van der Waals surface area (Å²) in [6, 6.07) is 14.9. The Hall–Kier alpha value is -3.99. The first kappa shape index (κ1) is 32.5. The third kappa shape index (κ3) is 8.28. The second kappa shape index (κ2) is 14.8. The van der Waals surface area contributed by atoms with Crippen LogP contribution in [0.15, 0.2) is 77.7 Å². The summed E-state index contributed by atoms with van der Waals surface area (Å²) in [5.41, 5.74) is 0.739. The average Bonchev–Trinajstić information content (AvgIpc) is 2.97. The first-order chi connectivity index (χ1) is 20.0. The second-order valence-electron chi connectivity index (χ2n) is 9.78. The summed E-state index contributed by atoms with van der Waals surface area (Å²) in [5.74, 6) is -1.58. The maximum absolute atomic E-state index is 14.0. The molecule has 8 nitrogen and oxygen atoms in total. The molecule has 0 fully saturated rings. The predicted octanol–water partition coefficient (Wildman–Crippen LogP) is 5.28. The highest BCUT2D eigenvalue weighted by atomic mass is 32.2. The van der Waals surface area contributed by atoms with Crippen molar-refractivity contribution in [2.24, 2.45) is 0 Å². The van der Waals surface area contributed by atoms with Crippen LogP contribution >= 0.6 is 0 Å². The number of halogens is 2. The van der Waals surface area contributed by atoms with Crippen LogP contribution in [0.5, 0.6) is 5.75 Å². The Kier molecular flexibility index (Phi) is 11.4. The van der Waals surface area contributed by atoms with Crippen LogP contribution in [0.1, 0.15) is 46.1 Å². The van der Waals surface area contributed by atoms with Crippen molar-refractivity contribution in [1.29, 1.82) is 0 Å². The Morgan fingerprint density at radius 3 is 1.95 bits per heavy atom. The van der Waals surface area contributed by atoms with Crippen LogP contribution < -0.4 is 14.4 Å². The van der Waals surface area contributed by atoms with Gasteiger partial charge in [0.05, 0.1) is 17.2 Å². The van der Waals surface area contributed by atoms with Crippen LogP contribution in [0.2, 0.25) is 0 Å². The van der Waals surface area contributed by atoms with E-state index in [9.17, 15) is 26.8 Å². The summed E-state index contributed by atoms with van der Waals surface area (Å²) in [4.78, 5) is 28.4. The zero-order valence-electron chi connectivity index (χ0n) is 24.2. The summed E-state index contributed by atoms with van der Waals surface area (Å²) in [5, 5.41) is 2.90. The predicted molar refractivity (Wildman–Crippen MR) is 157 cm³/mol. The minimum absolute atomic E-state index is 0.0563. The Morgan fingerprint density at radius 1 is 0.857 bits per heavy atom. The smallest absolute Gasteiger partial charge is 0.264 e. The van der Waals surface area contributed by atoms with E-state index >= 15 is 0 Å². The molecule has 0 spiro atoms. The van der Waals surface area contributed by atoms with Gasteiger partial charge in [0.15, 0.2) is 0 Å². The number of ether oxygens (including phenoxy) is 1. The number of benzene rings is 3. The average molecular weight is 602 g/mol. The first-order valence-electron chi connectivity index (χ1n) is 13.9. The maximum atomic E-state index is 14.0. The van der Waals surface area contributed by atoms with Gasteiger partial charge in [-0.05, 0) is 92.9 Å². The Balaban J connectivity index is 2.05. The SMILES string of the molecule is CCOc1ccc(N(CC(=O)N(Cc2ccc(F)cc2)[C@H](CC)C(=O)N[C@H](C)CC)S(=O)(=O)c2ccc(F)cc2)cc1. The number of nitrogens with one attached hydrogen (secondary N) is 1. The van der Waals surface area contributed by atoms with Gasteiger partial charge in [-0.1, -0.05) is 26.0 Å². The summed E-state index contributed by atoms with van der Waals surface area (Å²) < 4.78 is 61.4. The molecule has 226 valence electrons. The number of amides is 2. The normalized spacial score (nSPS) is 12.7. The van der Waals surface area contributed by atoms with E-state index in [1.807, 2.05) is 20.8 Å². The van der Waals surface area contributed by atoms with Gasteiger partial charge >= 0.3 is 0 Å². The molecule has 1 N–H and O–H groups in total. The molecule has 2 amide bonds. The largest absolute Gasteiger partial charge is 0.494 e. The van der Waals surface area contributed by atoms with Crippen molar-refractivity contribution in [2.45, 2.75) is 64.1 Å². The molecule has 0 saturated heterocycles. The molecule has 3 aromatic carbocycles. The third-order valence-corrected chi connectivity index (χ3v) is 8.56. The van der Waals surface area contributed by atoms with Gasteiger partial charge in [-0.2, -0.15) is 0 Å². The van der Waals surface area contributed by atoms with E-state index in [0.29, 0.717) is 24.3 Å². The minimum atomic E-state index is -4.35. The molecule has 0 aliphatic carbocycles. The molecule has 0 aromatic heterocycles. The van der Waals surface area contributed by atoms with Crippen molar-refractivity contribution in [1.82, 2.24) is 10.2 Å². The fourth-order valence-corrected chi connectivity index (χ4v) is 5.70. The Bertz CT molecular complexity index is 1430. The van der Waals surface area contributed by atoms with Crippen molar-refractivity contribution in [3.63, 3.8) is 0 Å². The number of anilines is 1. The van der Waals surface area contributed by atoms with Gasteiger partial charge in [0.2, 0.25) is 11.8 Å². The van der Waals surface area contributed by atoms with Crippen molar-refractivity contribution in [2.75, 3.05) is 17.5 Å². The van der Waals surface area contributed by atoms with E-state index in [1.165, 1.54) is 41.3 Å². The fourth-order valence-electron chi connectivity index (χ4n) is 4.28. The first-order valence-corrected chi connectivity index (χ1v) is 15.3. The van der Waals surface area contributed by atoms with E-state index in [-0.39, 0.29) is 35.5 Å². The quantitative estimate of drug-likeness (QED) is 0.271. The summed E-state index contributed by atoms with van der Waals surface area (Å²) in [6.45, 7) is 7.04. The van der Waals surface area contributed by atoms with Gasteiger partial charge in [-0.15, -0.1) is 0 Å². The molecule has 3 aromatic rings. The summed E-state index contributed by atoms with van der Waals surface area (Å²) >= 11 is 0. The molecule has 0 aliphatic heterocycles. The lowest BCUT2D eigenvalue weighted by atomic mass is 10.1. The lowest BCUT2D eigenvalue weighted by Crippen LogP contribution is -2.53. The van der Waals surface area contributed by atoms with Crippen molar-refractivity contribution < 1.29 is 31.5 Å². The second-order valence-corrected chi connectivity index (χ2v) is 11.6. The third-order valence-electron chi connectivity index (χ3n) is 6.77. The van der Waals surface area contributed by atoms with Crippen LogP contribution in [-0.2, 0) is 26.2 Å². The maximum Gasteiger partial charge on any atom is 0.264 e. The van der Waals surface area contributed by atoms with E-state index in [1.54, 1.807) is 19.1 Å². The number of carbonyl (C=O) groups excluding carboxylic acids is 2. The number of rotatable bonds is 14. The lowest BCUT2D eigenvalue weighted by molar-refractivity contribution is -0.140. The van der Waals surface area contributed by atoms with E-state index in [4.69, 9.17) is 4.74 Å². The van der Waals surface area contributed by atoms with Crippen molar-refractivity contribution in [3.05, 3.63) is 90.0 Å². The zero-order valence-corrected chi connectivity index (χ0v) is 25.0. The van der Waals surface area contributed by atoms with Gasteiger partial charge in [-0.3, -0.25) is 13.9 Å². The summed E-state index contributed by atoms with van der Waals surface area (Å²) in [7, 11) is -4.35. The number of hydrogen-bond donors (Lipinski definition) is 1. The highest BCUT2D eigenvalue weighted by Gasteiger charge is 2.34. The van der Waals surface area contributed by atoms with Gasteiger partial charge < -0.3 is 15.0 Å². The summed E-state index contributed by atoms with van der Waals surface area (Å²) in [6.07, 6.45) is 0.929. The monoisotopic (exact) mass is 601 g/mol. The van der Waals surface area contributed by atoms with Crippen molar-refractivity contribution >= 4 is 27.5 Å². The van der Waals surface area contributed by atoms with Crippen LogP contribution in [-0.4, -0.2) is 50.4 Å². The standard InChI is InChI=1S/C31H37F2N3O5S/c1-5-22(4)34-31(38)29(6-2)35(20-23-8-10-24(32)11-9-23)30(37)21-36(26-14-16-27(17-15-26)41-7-3)42(39,40)28-18-12-25(33)13-19-28/h8-19,22,29H,5-7,20-21H2,1-4H3,(H,34,38)/t22-,29-/m1/s1. The Morgan fingerprint density at radius 2 is 1.43 bits per heavy atom. The molecule has 0 saturated carbocycles. The molecule has 0 aliphatic rings. The number of sulfonamides is 1. The van der Waals surface area contributed by atoms with E-state index < -0.39 is 40.2 Å². The molecule has 0 bridgehead atoms. The van der Waals surface area contributed by atoms with Crippen LogP contribution in [0, 0.1) is 11.6 Å². The lowest BCUT2D eigenvalue weighted by Gasteiger charge is -2.33. The molecule has 0 heterocycles. The van der Waals surface area contributed by atoms with Gasteiger partial charge in [0, 0.05) is 12.6 Å². The van der Waals surface area contributed by atoms with E-state index in [2.05, 4.69) is 5.32 Å². The molecule has 2 atom stereocenters. The van der Waals surface area contributed by atoms with Crippen LogP contribution in [0.25, 0.3) is 0 Å². The highest BCUT2D eigenvalue weighted by molar-refractivity contribution is 7.92. The molecule has 42 heavy (non-hydrogen) atoms. The van der Waals surface area contributed by atoms with Crippen LogP contribution in [0.4, 0.5) is 14.5 Å². The van der Waals surface area contributed by atoms with Crippen LogP contribution in [0.3, 0.4) is 0 Å². The number of nitrogens with zero attached hydrogens (tertiary/aromatic N) is 2. The van der Waals surface area contributed by atoms with Gasteiger partial charge in [0.25, 0.3) is 10.0 Å². The molecule has 0 unspecified atom stereocenters. The Labute approximate surface area is 246 Å². The van der Waals surface area contributed by atoms with E-state index in [0.717, 1.165) is 28.6 Å². The molecular formula is C31H37F2N3O5S. The number of hydrogen-bond acceptors (Lipinski definition) is 5. The zero-order chi connectivity index (χ0) is 30.9. The van der Waals surface area contributed by atoms with Crippen molar-refractivity contribution in [3.8, 4) is 5.75 Å². The molecular weight excluding hydrogens is 564 g/mol. The fraction of sp³-hybridized carbons (Fsp3) is 0.355. The molecule has 3 rings (SSSR count). The molecule has 11 heteroatoms. The minimum Gasteiger partial charge on any atom is -0.494 e. The van der Waals surface area contributed by atoms with Gasteiger partial charge in [0.1, 0.15) is 30.0 Å². The topological polar surface area (TPSA) is 96.0 Å².